The summed E-state index contributed by atoms with van der Waals surface area (Å²) in [4.78, 5) is 21.3. The maximum absolute atomic E-state index is 12.0. The van der Waals surface area contributed by atoms with Crippen LogP contribution in [0.3, 0.4) is 0 Å². The van der Waals surface area contributed by atoms with E-state index >= 15 is 0 Å². The lowest BCUT2D eigenvalue weighted by molar-refractivity contribution is 0.238. The van der Waals surface area contributed by atoms with Crippen molar-refractivity contribution < 1.29 is 5.11 Å². The van der Waals surface area contributed by atoms with E-state index in [9.17, 15) is 4.79 Å². The van der Waals surface area contributed by atoms with Gasteiger partial charge >= 0.3 is 0 Å². The summed E-state index contributed by atoms with van der Waals surface area (Å²) in [5.41, 5.74) is 6.68. The fourth-order valence-corrected chi connectivity index (χ4v) is 2.47. The topological polar surface area (TPSA) is 95.2 Å². The van der Waals surface area contributed by atoms with E-state index in [1.807, 2.05) is 4.90 Å². The SMILES string of the molecule is Nc1ccc2nc(N3CCC(CO)C3)[nH]c(=O)c2c1. The highest BCUT2D eigenvalue weighted by Crippen LogP contribution is 2.21. The third-order valence-corrected chi connectivity index (χ3v) is 3.56. The number of hydrogen-bond donors (Lipinski definition) is 3. The monoisotopic (exact) mass is 260 g/mol. The zero-order valence-corrected chi connectivity index (χ0v) is 10.5. The Labute approximate surface area is 109 Å². The normalized spacial score (nSPS) is 19.2. The van der Waals surface area contributed by atoms with Gasteiger partial charge in [0, 0.05) is 31.3 Å². The lowest BCUT2D eigenvalue weighted by Crippen LogP contribution is -2.25. The van der Waals surface area contributed by atoms with E-state index in [0.29, 0.717) is 22.5 Å². The van der Waals surface area contributed by atoms with Crippen molar-refractivity contribution >= 4 is 22.5 Å². The van der Waals surface area contributed by atoms with Gasteiger partial charge in [-0.15, -0.1) is 0 Å². The van der Waals surface area contributed by atoms with Gasteiger partial charge in [-0.05, 0) is 24.6 Å². The Hall–Kier alpha value is -2.08. The van der Waals surface area contributed by atoms with E-state index in [1.54, 1.807) is 18.2 Å². The Morgan fingerprint density at radius 2 is 2.37 bits per heavy atom. The highest BCUT2D eigenvalue weighted by Gasteiger charge is 2.23. The molecule has 1 fully saturated rings. The van der Waals surface area contributed by atoms with E-state index in [2.05, 4.69) is 9.97 Å². The molecule has 6 heteroatoms. The summed E-state index contributed by atoms with van der Waals surface area (Å²) in [6.07, 6.45) is 0.917. The first-order valence-corrected chi connectivity index (χ1v) is 6.33. The number of nitrogens with two attached hydrogens (primary N) is 1. The fourth-order valence-electron chi connectivity index (χ4n) is 2.47. The summed E-state index contributed by atoms with van der Waals surface area (Å²) in [5.74, 6) is 0.825. The van der Waals surface area contributed by atoms with Crippen LogP contribution in [0.2, 0.25) is 0 Å². The van der Waals surface area contributed by atoms with Gasteiger partial charge in [-0.2, -0.15) is 0 Å². The molecular formula is C13H16N4O2. The number of nitrogens with one attached hydrogen (secondary N) is 1. The number of rotatable bonds is 2. The van der Waals surface area contributed by atoms with Gasteiger partial charge in [-0.3, -0.25) is 9.78 Å². The Bertz CT molecular complexity index is 667. The minimum Gasteiger partial charge on any atom is -0.399 e. The average molecular weight is 260 g/mol. The lowest BCUT2D eigenvalue weighted by atomic mass is 10.1. The van der Waals surface area contributed by atoms with Gasteiger partial charge in [0.15, 0.2) is 0 Å². The number of aromatic amines is 1. The lowest BCUT2D eigenvalue weighted by Gasteiger charge is -2.16. The summed E-state index contributed by atoms with van der Waals surface area (Å²) in [6.45, 7) is 1.69. The highest BCUT2D eigenvalue weighted by molar-refractivity contribution is 5.81. The Kier molecular flexibility index (Phi) is 2.87. The van der Waals surface area contributed by atoms with Crippen LogP contribution in [0.5, 0.6) is 0 Å². The average Bonchev–Trinajstić information content (AvgIpc) is 2.88. The number of nitrogens with zero attached hydrogens (tertiary/aromatic N) is 2. The van der Waals surface area contributed by atoms with Crippen LogP contribution in [0.15, 0.2) is 23.0 Å². The molecule has 19 heavy (non-hydrogen) atoms. The summed E-state index contributed by atoms with van der Waals surface area (Å²) in [5, 5.41) is 9.66. The number of aromatic nitrogens is 2. The van der Waals surface area contributed by atoms with Gasteiger partial charge in [-0.1, -0.05) is 0 Å². The van der Waals surface area contributed by atoms with Gasteiger partial charge in [0.2, 0.25) is 5.95 Å². The molecule has 0 aliphatic carbocycles. The molecule has 2 aromatic rings. The second-order valence-corrected chi connectivity index (χ2v) is 4.95. The van der Waals surface area contributed by atoms with Crippen molar-refractivity contribution in [3.8, 4) is 0 Å². The van der Waals surface area contributed by atoms with Crippen molar-refractivity contribution in [3.63, 3.8) is 0 Å². The smallest absolute Gasteiger partial charge is 0.260 e. The first-order chi connectivity index (χ1) is 9.17. The molecule has 0 radical (unpaired) electrons. The maximum Gasteiger partial charge on any atom is 0.260 e. The standard InChI is InChI=1S/C13H16N4O2/c14-9-1-2-11-10(5-9)12(19)16-13(15-11)17-4-3-8(6-17)7-18/h1-2,5,8,18H,3-4,6-7,14H2,(H,15,16,19). The van der Waals surface area contributed by atoms with Gasteiger partial charge in [0.1, 0.15) is 0 Å². The van der Waals surface area contributed by atoms with E-state index in [1.165, 1.54) is 0 Å². The number of nitrogen functional groups attached to an aromatic ring is 1. The van der Waals surface area contributed by atoms with E-state index in [4.69, 9.17) is 10.8 Å². The predicted molar refractivity (Wildman–Crippen MR) is 74.2 cm³/mol. The number of aliphatic hydroxyl groups excluding tert-OH is 1. The van der Waals surface area contributed by atoms with Crippen molar-refractivity contribution in [1.82, 2.24) is 9.97 Å². The van der Waals surface area contributed by atoms with Crippen LogP contribution in [0.4, 0.5) is 11.6 Å². The molecule has 1 aliphatic heterocycles. The molecular weight excluding hydrogens is 244 g/mol. The number of anilines is 2. The van der Waals surface area contributed by atoms with Crippen molar-refractivity contribution in [2.45, 2.75) is 6.42 Å². The van der Waals surface area contributed by atoms with E-state index < -0.39 is 0 Å². The molecule has 0 saturated carbocycles. The summed E-state index contributed by atoms with van der Waals surface area (Å²) >= 11 is 0. The molecule has 0 bridgehead atoms. The van der Waals surface area contributed by atoms with Crippen LogP contribution in [-0.4, -0.2) is 34.8 Å². The molecule has 2 heterocycles. The molecule has 1 aromatic carbocycles. The van der Waals surface area contributed by atoms with Crippen LogP contribution >= 0.6 is 0 Å². The summed E-state index contributed by atoms with van der Waals surface area (Å²) in [6, 6.07) is 5.12. The van der Waals surface area contributed by atoms with Crippen LogP contribution in [0, 0.1) is 5.92 Å². The zero-order chi connectivity index (χ0) is 13.4. The molecule has 1 unspecified atom stereocenters. The Balaban J connectivity index is 2.02. The number of H-pyrrole nitrogens is 1. The van der Waals surface area contributed by atoms with Crippen molar-refractivity contribution in [3.05, 3.63) is 28.6 Å². The molecule has 1 aliphatic rings. The Morgan fingerprint density at radius 3 is 3.11 bits per heavy atom. The van der Waals surface area contributed by atoms with Gasteiger partial charge < -0.3 is 15.7 Å². The molecule has 1 saturated heterocycles. The number of benzene rings is 1. The highest BCUT2D eigenvalue weighted by atomic mass is 16.3. The van der Waals surface area contributed by atoms with Crippen molar-refractivity contribution in [2.24, 2.45) is 5.92 Å². The van der Waals surface area contributed by atoms with Crippen LogP contribution in [0.25, 0.3) is 10.9 Å². The molecule has 6 nitrogen and oxygen atoms in total. The van der Waals surface area contributed by atoms with Crippen LogP contribution < -0.4 is 16.2 Å². The van der Waals surface area contributed by atoms with Gasteiger partial charge in [0.05, 0.1) is 10.9 Å². The molecule has 1 aromatic heterocycles. The molecule has 1 atom stereocenters. The quantitative estimate of drug-likeness (QED) is 0.676. The minimum atomic E-state index is -0.181. The maximum atomic E-state index is 12.0. The van der Waals surface area contributed by atoms with E-state index in [0.717, 1.165) is 19.5 Å². The van der Waals surface area contributed by atoms with Crippen LogP contribution in [0.1, 0.15) is 6.42 Å². The summed E-state index contributed by atoms with van der Waals surface area (Å²) < 4.78 is 0. The van der Waals surface area contributed by atoms with E-state index in [-0.39, 0.29) is 18.1 Å². The Morgan fingerprint density at radius 1 is 1.53 bits per heavy atom. The summed E-state index contributed by atoms with van der Waals surface area (Å²) in [7, 11) is 0. The third-order valence-electron chi connectivity index (χ3n) is 3.56. The third kappa shape index (κ3) is 2.15. The second-order valence-electron chi connectivity index (χ2n) is 4.95. The molecule has 0 amide bonds. The van der Waals surface area contributed by atoms with Crippen molar-refractivity contribution in [2.75, 3.05) is 30.3 Å². The first kappa shape index (κ1) is 12.0. The van der Waals surface area contributed by atoms with Crippen molar-refractivity contribution in [1.29, 1.82) is 0 Å². The number of hydrogen-bond acceptors (Lipinski definition) is 5. The van der Waals surface area contributed by atoms with Crippen LogP contribution in [-0.2, 0) is 0 Å². The van der Waals surface area contributed by atoms with Gasteiger partial charge in [-0.25, -0.2) is 4.98 Å². The zero-order valence-electron chi connectivity index (χ0n) is 10.5. The predicted octanol–water partition coefficient (Wildman–Crippen LogP) is 0.324. The largest absolute Gasteiger partial charge is 0.399 e. The molecule has 4 N–H and O–H groups in total. The van der Waals surface area contributed by atoms with Gasteiger partial charge in [0.25, 0.3) is 5.56 Å². The number of fused-ring (bicyclic) bond motifs is 1. The molecule has 3 rings (SSSR count). The molecule has 0 spiro atoms. The second kappa shape index (κ2) is 4.55. The minimum absolute atomic E-state index is 0.171. The first-order valence-electron chi connectivity index (χ1n) is 6.33. The molecule has 100 valence electrons. The fraction of sp³-hybridized carbons (Fsp3) is 0.385. The number of aliphatic hydroxyl groups is 1.